The third-order valence-electron chi connectivity index (χ3n) is 2.81. The molecule has 0 spiro atoms. The number of amides is 1. The van der Waals surface area contributed by atoms with Gasteiger partial charge >= 0.3 is 0 Å². The van der Waals surface area contributed by atoms with Gasteiger partial charge < -0.3 is 10.6 Å². The van der Waals surface area contributed by atoms with Gasteiger partial charge in [0.15, 0.2) is 4.34 Å². The third-order valence-corrected chi connectivity index (χ3v) is 4.82. The van der Waals surface area contributed by atoms with E-state index in [1.54, 1.807) is 6.08 Å². The van der Waals surface area contributed by atoms with Crippen molar-refractivity contribution < 1.29 is 4.79 Å². The molecule has 5 nitrogen and oxygen atoms in total. The Bertz CT molecular complexity index is 615. The van der Waals surface area contributed by atoms with E-state index in [9.17, 15) is 4.79 Å². The lowest BCUT2D eigenvalue weighted by Crippen LogP contribution is -2.28. The highest BCUT2D eigenvalue weighted by molar-refractivity contribution is 8.01. The fourth-order valence-electron chi connectivity index (χ4n) is 1.73. The van der Waals surface area contributed by atoms with Crippen molar-refractivity contribution in [2.75, 3.05) is 17.6 Å². The van der Waals surface area contributed by atoms with Crippen LogP contribution in [0.1, 0.15) is 18.5 Å². The van der Waals surface area contributed by atoms with Gasteiger partial charge in [0.25, 0.3) is 0 Å². The summed E-state index contributed by atoms with van der Waals surface area (Å²) in [7, 11) is 0. The van der Waals surface area contributed by atoms with Gasteiger partial charge in [-0.3, -0.25) is 4.79 Å². The zero-order valence-electron chi connectivity index (χ0n) is 12.3. The summed E-state index contributed by atoms with van der Waals surface area (Å²) in [6.45, 7) is 6.25. The standard InChI is InChI=1S/C15H18N4OS2/c1-3-9-16-14-18-19-15(22-14)21-10-13(20)17-11(2)12-7-5-4-6-8-12/h3-8,11H,1,9-10H2,2H3,(H,16,18)(H,17,20). The first kappa shape index (κ1) is 16.5. The molecule has 0 saturated carbocycles. The summed E-state index contributed by atoms with van der Waals surface area (Å²) >= 11 is 2.82. The fourth-order valence-corrected chi connectivity index (χ4v) is 3.30. The second-order valence-corrected chi connectivity index (χ2v) is 6.73. The number of nitrogens with zero attached hydrogens (tertiary/aromatic N) is 2. The maximum Gasteiger partial charge on any atom is 0.230 e. The molecule has 0 radical (unpaired) electrons. The van der Waals surface area contributed by atoms with Crippen LogP contribution in [0, 0.1) is 0 Å². The van der Waals surface area contributed by atoms with E-state index in [1.807, 2.05) is 37.3 Å². The predicted molar refractivity (Wildman–Crippen MR) is 92.3 cm³/mol. The number of nitrogens with one attached hydrogen (secondary N) is 2. The SMILES string of the molecule is C=CCNc1nnc(SCC(=O)NC(C)c2ccccc2)s1. The summed E-state index contributed by atoms with van der Waals surface area (Å²) in [5, 5.41) is 14.8. The number of rotatable bonds is 8. The zero-order valence-corrected chi connectivity index (χ0v) is 13.9. The van der Waals surface area contributed by atoms with E-state index in [0.29, 0.717) is 12.3 Å². The van der Waals surface area contributed by atoms with E-state index < -0.39 is 0 Å². The molecule has 1 aromatic heterocycles. The van der Waals surface area contributed by atoms with Crippen LogP contribution < -0.4 is 10.6 Å². The molecule has 1 unspecified atom stereocenters. The summed E-state index contributed by atoms with van der Waals surface area (Å²) in [4.78, 5) is 12.0. The molecule has 1 atom stereocenters. The lowest BCUT2D eigenvalue weighted by Gasteiger charge is -2.13. The van der Waals surface area contributed by atoms with Crippen molar-refractivity contribution in [2.24, 2.45) is 0 Å². The Labute approximate surface area is 138 Å². The number of hydrogen-bond acceptors (Lipinski definition) is 6. The summed E-state index contributed by atoms with van der Waals surface area (Å²) in [6.07, 6.45) is 1.76. The molecule has 1 aromatic carbocycles. The molecule has 2 aromatic rings. The van der Waals surface area contributed by atoms with Crippen molar-refractivity contribution in [1.82, 2.24) is 15.5 Å². The van der Waals surface area contributed by atoms with Gasteiger partial charge in [0, 0.05) is 6.54 Å². The molecule has 2 rings (SSSR count). The number of carbonyl (C=O) groups is 1. The van der Waals surface area contributed by atoms with Gasteiger partial charge in [0.2, 0.25) is 11.0 Å². The van der Waals surface area contributed by atoms with Crippen molar-refractivity contribution in [3.63, 3.8) is 0 Å². The maximum absolute atomic E-state index is 12.0. The fraction of sp³-hybridized carbons (Fsp3) is 0.267. The second-order valence-electron chi connectivity index (χ2n) is 4.53. The van der Waals surface area contributed by atoms with Gasteiger partial charge in [-0.2, -0.15) is 0 Å². The van der Waals surface area contributed by atoms with E-state index in [1.165, 1.54) is 23.1 Å². The molecule has 0 saturated heterocycles. The van der Waals surface area contributed by atoms with Gasteiger partial charge in [0.05, 0.1) is 11.8 Å². The van der Waals surface area contributed by atoms with Crippen LogP contribution in [0.3, 0.4) is 0 Å². The summed E-state index contributed by atoms with van der Waals surface area (Å²) in [5.74, 6) is 0.310. The maximum atomic E-state index is 12.0. The number of thioether (sulfide) groups is 1. The predicted octanol–water partition coefficient (Wildman–Crippen LogP) is 3.11. The smallest absolute Gasteiger partial charge is 0.230 e. The lowest BCUT2D eigenvalue weighted by molar-refractivity contribution is -0.119. The van der Waals surface area contributed by atoms with Crippen molar-refractivity contribution in [3.05, 3.63) is 48.6 Å². The highest BCUT2D eigenvalue weighted by atomic mass is 32.2. The Morgan fingerprint density at radius 1 is 1.41 bits per heavy atom. The second kappa shape index (κ2) is 8.55. The Kier molecular flexibility index (Phi) is 6.42. The van der Waals surface area contributed by atoms with Crippen molar-refractivity contribution in [2.45, 2.75) is 17.3 Å². The Balaban J connectivity index is 1.77. The van der Waals surface area contributed by atoms with Crippen LogP contribution in [0.4, 0.5) is 5.13 Å². The quantitative estimate of drug-likeness (QED) is 0.573. The number of aromatic nitrogens is 2. The zero-order chi connectivity index (χ0) is 15.8. The molecular formula is C15H18N4OS2. The molecule has 0 aliphatic heterocycles. The van der Waals surface area contributed by atoms with Gasteiger partial charge in [0.1, 0.15) is 0 Å². The molecule has 0 aliphatic rings. The third kappa shape index (κ3) is 5.16. The minimum atomic E-state index is -0.0165. The van der Waals surface area contributed by atoms with Crippen LogP contribution in [0.2, 0.25) is 0 Å². The van der Waals surface area contributed by atoms with Crippen LogP contribution in [-0.4, -0.2) is 28.4 Å². The highest BCUT2D eigenvalue weighted by Crippen LogP contribution is 2.25. The monoisotopic (exact) mass is 334 g/mol. The van der Waals surface area contributed by atoms with Crippen LogP contribution in [0.25, 0.3) is 0 Å². The summed E-state index contributed by atoms with van der Waals surface area (Å²) in [5.41, 5.74) is 1.09. The molecule has 22 heavy (non-hydrogen) atoms. The molecule has 7 heteroatoms. The minimum Gasteiger partial charge on any atom is -0.357 e. The molecule has 2 N–H and O–H groups in total. The molecule has 116 valence electrons. The van der Waals surface area contributed by atoms with E-state index >= 15 is 0 Å². The average molecular weight is 334 g/mol. The largest absolute Gasteiger partial charge is 0.357 e. The summed E-state index contributed by atoms with van der Waals surface area (Å²) < 4.78 is 0.772. The van der Waals surface area contributed by atoms with Crippen molar-refractivity contribution in [1.29, 1.82) is 0 Å². The molecule has 0 bridgehead atoms. The number of carbonyl (C=O) groups excluding carboxylic acids is 1. The van der Waals surface area contributed by atoms with Crippen LogP contribution in [-0.2, 0) is 4.79 Å². The molecule has 1 heterocycles. The van der Waals surface area contributed by atoms with E-state index in [2.05, 4.69) is 27.4 Å². The number of hydrogen-bond donors (Lipinski definition) is 2. The van der Waals surface area contributed by atoms with E-state index in [4.69, 9.17) is 0 Å². The van der Waals surface area contributed by atoms with Gasteiger partial charge in [-0.1, -0.05) is 59.5 Å². The lowest BCUT2D eigenvalue weighted by atomic mass is 10.1. The normalized spacial score (nSPS) is 11.7. The molecular weight excluding hydrogens is 316 g/mol. The number of anilines is 1. The Hall–Kier alpha value is -1.86. The number of benzene rings is 1. The van der Waals surface area contributed by atoms with Crippen molar-refractivity contribution >= 4 is 34.1 Å². The molecule has 0 fully saturated rings. The first-order valence-electron chi connectivity index (χ1n) is 6.84. The van der Waals surface area contributed by atoms with Gasteiger partial charge in [-0.05, 0) is 12.5 Å². The van der Waals surface area contributed by atoms with Crippen LogP contribution >= 0.6 is 23.1 Å². The molecule has 1 amide bonds. The van der Waals surface area contributed by atoms with Crippen molar-refractivity contribution in [3.8, 4) is 0 Å². The van der Waals surface area contributed by atoms with E-state index in [0.717, 1.165) is 15.0 Å². The van der Waals surface area contributed by atoms with Gasteiger partial charge in [-0.15, -0.1) is 16.8 Å². The van der Waals surface area contributed by atoms with Gasteiger partial charge in [-0.25, -0.2) is 0 Å². The molecule has 0 aliphatic carbocycles. The summed E-state index contributed by atoms with van der Waals surface area (Å²) in [6, 6.07) is 9.88. The Morgan fingerprint density at radius 2 is 2.18 bits per heavy atom. The highest BCUT2D eigenvalue weighted by Gasteiger charge is 2.11. The minimum absolute atomic E-state index is 0.00598. The van der Waals surface area contributed by atoms with Crippen LogP contribution in [0.5, 0.6) is 0 Å². The topological polar surface area (TPSA) is 66.9 Å². The first-order chi connectivity index (χ1) is 10.7. The van der Waals surface area contributed by atoms with E-state index in [-0.39, 0.29) is 11.9 Å². The Morgan fingerprint density at radius 3 is 2.91 bits per heavy atom. The average Bonchev–Trinajstić information content (AvgIpc) is 2.99. The van der Waals surface area contributed by atoms with Crippen LogP contribution in [0.15, 0.2) is 47.3 Å². The first-order valence-corrected chi connectivity index (χ1v) is 8.64.